The molecule has 0 saturated carbocycles. The molecule has 21 heavy (non-hydrogen) atoms. The summed E-state index contributed by atoms with van der Waals surface area (Å²) in [6.07, 6.45) is 1.62. The Morgan fingerprint density at radius 2 is 2.24 bits per heavy atom. The summed E-state index contributed by atoms with van der Waals surface area (Å²) in [5, 5.41) is 11.5. The molecule has 112 valence electrons. The van der Waals surface area contributed by atoms with Crippen LogP contribution in [0, 0.1) is 3.57 Å². The molecule has 0 spiro atoms. The molecule has 0 saturated heterocycles. The van der Waals surface area contributed by atoms with Crippen molar-refractivity contribution in [2.45, 2.75) is 5.54 Å². The zero-order valence-electron chi connectivity index (χ0n) is 11.4. The molecule has 0 bridgehead atoms. The Morgan fingerprint density at radius 1 is 1.48 bits per heavy atom. The molecule has 0 aromatic heterocycles. The Kier molecular flexibility index (Phi) is 4.66. The van der Waals surface area contributed by atoms with Crippen molar-refractivity contribution < 1.29 is 24.2 Å². The van der Waals surface area contributed by atoms with Gasteiger partial charge < -0.3 is 24.2 Å². The van der Waals surface area contributed by atoms with Gasteiger partial charge in [-0.2, -0.15) is 0 Å². The van der Waals surface area contributed by atoms with Gasteiger partial charge in [-0.05, 0) is 34.7 Å². The molecule has 0 radical (unpaired) electrons. The number of halogens is 1. The number of aliphatic imine (C=N–C) groups is 1. The van der Waals surface area contributed by atoms with E-state index in [4.69, 9.17) is 19.4 Å². The average Bonchev–Trinajstić information content (AvgIpc) is 2.91. The summed E-state index contributed by atoms with van der Waals surface area (Å²) >= 11 is 2.10. The van der Waals surface area contributed by atoms with Gasteiger partial charge in [-0.15, -0.1) is 0 Å². The van der Waals surface area contributed by atoms with E-state index in [1.54, 1.807) is 19.2 Å². The summed E-state index contributed by atoms with van der Waals surface area (Å²) in [5.41, 5.74) is -0.644. The number of carbonyl (C=O) groups is 1. The van der Waals surface area contributed by atoms with Crippen LogP contribution in [0.15, 0.2) is 22.3 Å². The van der Waals surface area contributed by atoms with Crippen LogP contribution in [-0.4, -0.2) is 50.0 Å². The first kappa shape index (κ1) is 15.5. The van der Waals surface area contributed by atoms with Crippen molar-refractivity contribution in [3.05, 3.63) is 21.3 Å². The summed E-state index contributed by atoms with van der Waals surface area (Å²) < 4.78 is 16.8. The highest BCUT2D eigenvalue weighted by atomic mass is 127. The van der Waals surface area contributed by atoms with Crippen LogP contribution in [0.5, 0.6) is 11.5 Å². The average molecular weight is 404 g/mol. The largest absolute Gasteiger partial charge is 0.493 e. The van der Waals surface area contributed by atoms with E-state index in [0.29, 0.717) is 23.3 Å². The highest BCUT2D eigenvalue weighted by Crippen LogP contribution is 2.34. The molecular formula is C13H13IN2O5. The maximum absolute atomic E-state index is 11.2. The lowest BCUT2D eigenvalue weighted by molar-refractivity contribution is -0.110. The second kappa shape index (κ2) is 6.29. The van der Waals surface area contributed by atoms with Gasteiger partial charge in [0.05, 0.1) is 24.0 Å². The standard InChI is InChI=1S/C13H13IN2O5/c1-19-10-4-8(3-9(14)11(10)20-2)12-16-13(6-17,5-15-18)7-21-12/h3-6,18H,7H2,1-2H3/t13-/m0/s1. The van der Waals surface area contributed by atoms with Gasteiger partial charge in [0.25, 0.3) is 0 Å². The van der Waals surface area contributed by atoms with Gasteiger partial charge in [0, 0.05) is 5.56 Å². The molecular weight excluding hydrogens is 391 g/mol. The zero-order chi connectivity index (χ0) is 15.5. The number of carbonyl (C=O) groups excluding carboxylic acids is 1. The van der Waals surface area contributed by atoms with Crippen LogP contribution >= 0.6 is 22.6 Å². The minimum Gasteiger partial charge on any atom is -0.493 e. The minimum absolute atomic E-state index is 0.0131. The first-order chi connectivity index (χ1) is 10.1. The highest BCUT2D eigenvalue weighted by molar-refractivity contribution is 14.1. The summed E-state index contributed by atoms with van der Waals surface area (Å²) in [7, 11) is 3.08. The monoisotopic (exact) mass is 404 g/mol. The molecule has 1 aromatic rings. The van der Waals surface area contributed by atoms with Gasteiger partial charge in [-0.25, -0.2) is 4.99 Å². The van der Waals surface area contributed by atoms with Crippen LogP contribution in [0.3, 0.4) is 0 Å². The molecule has 7 nitrogen and oxygen atoms in total. The van der Waals surface area contributed by atoms with Crippen LogP contribution in [0.2, 0.25) is 0 Å². The number of benzene rings is 1. The summed E-state index contributed by atoms with van der Waals surface area (Å²) in [5.74, 6) is 1.42. The van der Waals surface area contributed by atoms with Gasteiger partial charge in [-0.3, -0.25) is 0 Å². The van der Waals surface area contributed by atoms with Crippen molar-refractivity contribution >= 4 is 41.0 Å². The molecule has 0 unspecified atom stereocenters. The molecule has 1 aliphatic heterocycles. The lowest BCUT2D eigenvalue weighted by atomic mass is 10.1. The van der Waals surface area contributed by atoms with E-state index >= 15 is 0 Å². The van der Waals surface area contributed by atoms with Crippen LogP contribution in [0.1, 0.15) is 5.56 Å². The molecule has 1 aromatic carbocycles. The number of hydrogen-bond donors (Lipinski definition) is 1. The van der Waals surface area contributed by atoms with Crippen LogP contribution in [0.25, 0.3) is 0 Å². The van der Waals surface area contributed by atoms with Gasteiger partial charge in [-0.1, -0.05) is 5.16 Å². The van der Waals surface area contributed by atoms with Crippen LogP contribution in [0.4, 0.5) is 0 Å². The fourth-order valence-electron chi connectivity index (χ4n) is 1.88. The summed E-state index contributed by atoms with van der Waals surface area (Å²) in [6.45, 7) is -0.0131. The van der Waals surface area contributed by atoms with Crippen molar-refractivity contribution in [1.29, 1.82) is 0 Å². The fraction of sp³-hybridized carbons (Fsp3) is 0.308. The first-order valence-electron chi connectivity index (χ1n) is 5.88. The lowest BCUT2D eigenvalue weighted by Gasteiger charge is -2.11. The predicted molar refractivity (Wildman–Crippen MR) is 83.8 cm³/mol. The van der Waals surface area contributed by atoms with Gasteiger partial charge in [0.2, 0.25) is 5.90 Å². The fourth-order valence-corrected chi connectivity index (χ4v) is 2.71. The predicted octanol–water partition coefficient (Wildman–Crippen LogP) is 1.48. The third kappa shape index (κ3) is 2.94. The van der Waals surface area contributed by atoms with Gasteiger partial charge in [0.1, 0.15) is 6.61 Å². The quantitative estimate of drug-likeness (QED) is 0.264. The Bertz CT molecular complexity index is 617. The third-order valence-electron chi connectivity index (χ3n) is 2.92. The maximum atomic E-state index is 11.2. The second-order valence-electron chi connectivity index (χ2n) is 4.25. The Hall–Kier alpha value is -1.84. The topological polar surface area (TPSA) is 89.7 Å². The van der Waals surface area contributed by atoms with E-state index in [2.05, 4.69) is 32.7 Å². The molecule has 1 heterocycles. The molecule has 1 aliphatic rings. The van der Waals surface area contributed by atoms with E-state index in [9.17, 15) is 4.79 Å². The number of ether oxygens (including phenoxy) is 3. The Morgan fingerprint density at radius 3 is 2.81 bits per heavy atom. The van der Waals surface area contributed by atoms with E-state index in [1.165, 1.54) is 7.11 Å². The Balaban J connectivity index is 2.46. The van der Waals surface area contributed by atoms with Crippen molar-refractivity contribution in [2.24, 2.45) is 10.1 Å². The number of aldehydes is 1. The molecule has 0 aliphatic carbocycles. The smallest absolute Gasteiger partial charge is 0.217 e. The van der Waals surface area contributed by atoms with Crippen LogP contribution in [-0.2, 0) is 9.53 Å². The van der Waals surface area contributed by atoms with Crippen LogP contribution < -0.4 is 9.47 Å². The molecule has 8 heteroatoms. The maximum Gasteiger partial charge on any atom is 0.217 e. The van der Waals surface area contributed by atoms with E-state index in [1.807, 2.05) is 0 Å². The molecule has 0 fully saturated rings. The normalized spacial score (nSPS) is 21.0. The Labute approximate surface area is 134 Å². The molecule has 1 atom stereocenters. The number of oxime groups is 1. The third-order valence-corrected chi connectivity index (χ3v) is 3.72. The number of nitrogens with zero attached hydrogens (tertiary/aromatic N) is 2. The summed E-state index contributed by atoms with van der Waals surface area (Å²) in [6, 6.07) is 3.51. The first-order valence-corrected chi connectivity index (χ1v) is 6.96. The summed E-state index contributed by atoms with van der Waals surface area (Å²) in [4.78, 5) is 15.3. The second-order valence-corrected chi connectivity index (χ2v) is 5.42. The number of hydrogen-bond acceptors (Lipinski definition) is 7. The SMILES string of the molecule is COc1cc(C2=N[C@](C=O)(C=NO)CO2)cc(I)c1OC. The zero-order valence-corrected chi connectivity index (χ0v) is 13.5. The highest BCUT2D eigenvalue weighted by Gasteiger charge is 2.36. The van der Waals surface area contributed by atoms with Gasteiger partial charge >= 0.3 is 0 Å². The van der Waals surface area contributed by atoms with Crippen molar-refractivity contribution in [3.63, 3.8) is 0 Å². The molecule has 0 amide bonds. The molecule has 2 rings (SSSR count). The minimum atomic E-state index is -1.29. The van der Waals surface area contributed by atoms with E-state index < -0.39 is 5.54 Å². The van der Waals surface area contributed by atoms with E-state index in [0.717, 1.165) is 9.78 Å². The van der Waals surface area contributed by atoms with E-state index in [-0.39, 0.29) is 12.5 Å². The van der Waals surface area contributed by atoms with Crippen molar-refractivity contribution in [3.8, 4) is 11.5 Å². The van der Waals surface area contributed by atoms with Gasteiger partial charge in [0.15, 0.2) is 23.3 Å². The van der Waals surface area contributed by atoms with Crippen molar-refractivity contribution in [2.75, 3.05) is 20.8 Å². The number of methoxy groups -OCH3 is 2. The number of rotatable bonds is 5. The van der Waals surface area contributed by atoms with Crippen molar-refractivity contribution in [1.82, 2.24) is 0 Å². The molecule has 1 N–H and O–H groups in total. The lowest BCUT2D eigenvalue weighted by Crippen LogP contribution is -2.32.